The van der Waals surface area contributed by atoms with Gasteiger partial charge in [-0.3, -0.25) is 0 Å². The van der Waals surface area contributed by atoms with Gasteiger partial charge in [-0.05, 0) is 63.8 Å². The molecule has 0 spiro atoms. The molecule has 2 heteroatoms. The molecule has 1 atom stereocenters. The van der Waals surface area contributed by atoms with Gasteiger partial charge in [0, 0.05) is 25.2 Å². The fraction of sp³-hybridized carbons (Fsp3) is 1.00. The number of likely N-dealkylation sites (N-methyl/N-ethyl adjacent to an activating group) is 1. The van der Waals surface area contributed by atoms with E-state index in [2.05, 4.69) is 38.0 Å². The lowest BCUT2D eigenvalue weighted by molar-refractivity contribution is 0.127. The fourth-order valence-electron chi connectivity index (χ4n) is 3.24. The van der Waals surface area contributed by atoms with Crippen molar-refractivity contribution < 1.29 is 0 Å². The van der Waals surface area contributed by atoms with Crippen LogP contribution in [0.3, 0.4) is 0 Å². The highest BCUT2D eigenvalue weighted by Crippen LogP contribution is 2.36. The molecule has 0 amide bonds. The SMILES string of the molecule is CC(NCCN(C)C1CCC(C)(C)CC1)C1CC1. The van der Waals surface area contributed by atoms with E-state index in [0.717, 1.165) is 24.5 Å². The van der Waals surface area contributed by atoms with Crippen LogP contribution < -0.4 is 5.32 Å². The van der Waals surface area contributed by atoms with Gasteiger partial charge in [-0.15, -0.1) is 0 Å². The molecule has 1 unspecified atom stereocenters. The third-order valence-corrected chi connectivity index (χ3v) is 5.19. The zero-order valence-electron chi connectivity index (χ0n) is 12.8. The second-order valence-electron chi connectivity index (χ2n) is 7.46. The summed E-state index contributed by atoms with van der Waals surface area (Å²) in [5.74, 6) is 0.978. The van der Waals surface area contributed by atoms with E-state index in [1.165, 1.54) is 45.1 Å². The van der Waals surface area contributed by atoms with Crippen molar-refractivity contribution in [1.29, 1.82) is 0 Å². The maximum atomic E-state index is 3.69. The molecule has 106 valence electrons. The Morgan fingerprint density at radius 3 is 2.33 bits per heavy atom. The molecule has 0 aromatic carbocycles. The van der Waals surface area contributed by atoms with E-state index in [0.29, 0.717) is 5.41 Å². The highest BCUT2D eigenvalue weighted by molar-refractivity contribution is 4.85. The first-order valence-corrected chi connectivity index (χ1v) is 7.91. The van der Waals surface area contributed by atoms with Gasteiger partial charge in [0.15, 0.2) is 0 Å². The summed E-state index contributed by atoms with van der Waals surface area (Å²) in [6, 6.07) is 1.57. The fourth-order valence-corrected chi connectivity index (χ4v) is 3.24. The van der Waals surface area contributed by atoms with Gasteiger partial charge >= 0.3 is 0 Å². The molecule has 2 aliphatic rings. The molecule has 2 saturated carbocycles. The van der Waals surface area contributed by atoms with Gasteiger partial charge in [0.1, 0.15) is 0 Å². The number of nitrogens with zero attached hydrogens (tertiary/aromatic N) is 1. The van der Waals surface area contributed by atoms with Crippen molar-refractivity contribution in [1.82, 2.24) is 10.2 Å². The van der Waals surface area contributed by atoms with Gasteiger partial charge in [0.05, 0.1) is 0 Å². The minimum Gasteiger partial charge on any atom is -0.313 e. The predicted octanol–water partition coefficient (Wildman–Crippen LogP) is 3.28. The third kappa shape index (κ3) is 4.24. The Balaban J connectivity index is 1.61. The lowest BCUT2D eigenvalue weighted by Gasteiger charge is -2.38. The molecule has 0 heterocycles. The third-order valence-electron chi connectivity index (χ3n) is 5.19. The zero-order valence-corrected chi connectivity index (χ0v) is 12.8. The number of rotatable bonds is 6. The van der Waals surface area contributed by atoms with Gasteiger partial charge in [-0.25, -0.2) is 0 Å². The molecular formula is C16H32N2. The van der Waals surface area contributed by atoms with Crippen LogP contribution in [0.4, 0.5) is 0 Å². The Kier molecular flexibility index (Phi) is 4.71. The van der Waals surface area contributed by atoms with Crippen LogP contribution >= 0.6 is 0 Å². The zero-order chi connectivity index (χ0) is 13.2. The van der Waals surface area contributed by atoms with E-state index in [1.54, 1.807) is 0 Å². The van der Waals surface area contributed by atoms with E-state index in [-0.39, 0.29) is 0 Å². The normalized spacial score (nSPS) is 26.5. The van der Waals surface area contributed by atoms with E-state index in [1.807, 2.05) is 0 Å². The van der Waals surface area contributed by atoms with E-state index in [9.17, 15) is 0 Å². The summed E-state index contributed by atoms with van der Waals surface area (Å²) in [5, 5.41) is 3.69. The van der Waals surface area contributed by atoms with Crippen LogP contribution in [0.15, 0.2) is 0 Å². The standard InChI is InChI=1S/C16H32N2/c1-13(14-5-6-14)17-11-12-18(4)15-7-9-16(2,3)10-8-15/h13-15,17H,5-12H2,1-4H3. The minimum atomic E-state index is 0.593. The van der Waals surface area contributed by atoms with Gasteiger partial charge < -0.3 is 10.2 Å². The Bertz CT molecular complexity index is 248. The number of hydrogen-bond donors (Lipinski definition) is 1. The lowest BCUT2D eigenvalue weighted by Crippen LogP contribution is -2.42. The number of nitrogens with one attached hydrogen (secondary N) is 1. The molecular weight excluding hydrogens is 220 g/mol. The highest BCUT2D eigenvalue weighted by Gasteiger charge is 2.29. The molecule has 2 nitrogen and oxygen atoms in total. The Hall–Kier alpha value is -0.0800. The van der Waals surface area contributed by atoms with E-state index in [4.69, 9.17) is 0 Å². The molecule has 0 aromatic heterocycles. The first kappa shape index (κ1) is 14.3. The van der Waals surface area contributed by atoms with Crippen LogP contribution in [0.5, 0.6) is 0 Å². The van der Waals surface area contributed by atoms with Crippen molar-refractivity contribution in [2.45, 2.75) is 71.4 Å². The molecule has 0 aliphatic heterocycles. The molecule has 0 bridgehead atoms. The second kappa shape index (κ2) is 5.92. The van der Waals surface area contributed by atoms with Crippen molar-refractivity contribution >= 4 is 0 Å². The Morgan fingerprint density at radius 2 is 1.78 bits per heavy atom. The van der Waals surface area contributed by atoms with Crippen LogP contribution in [-0.4, -0.2) is 37.1 Å². The minimum absolute atomic E-state index is 0.593. The smallest absolute Gasteiger partial charge is 0.0107 e. The van der Waals surface area contributed by atoms with Gasteiger partial charge in [-0.1, -0.05) is 13.8 Å². The number of hydrogen-bond acceptors (Lipinski definition) is 2. The molecule has 18 heavy (non-hydrogen) atoms. The van der Waals surface area contributed by atoms with Crippen molar-refractivity contribution in [3.63, 3.8) is 0 Å². The van der Waals surface area contributed by atoms with Crippen molar-refractivity contribution in [3.8, 4) is 0 Å². The summed E-state index contributed by atoms with van der Waals surface area (Å²) in [4.78, 5) is 2.59. The molecule has 0 radical (unpaired) electrons. The summed E-state index contributed by atoms with van der Waals surface area (Å²) in [5.41, 5.74) is 0.593. The summed E-state index contributed by atoms with van der Waals surface area (Å²) in [7, 11) is 2.31. The summed E-state index contributed by atoms with van der Waals surface area (Å²) in [6.07, 6.45) is 8.47. The largest absolute Gasteiger partial charge is 0.313 e. The summed E-state index contributed by atoms with van der Waals surface area (Å²) in [6.45, 7) is 9.56. The maximum absolute atomic E-state index is 3.69. The monoisotopic (exact) mass is 252 g/mol. The maximum Gasteiger partial charge on any atom is 0.0107 e. The summed E-state index contributed by atoms with van der Waals surface area (Å²) < 4.78 is 0. The van der Waals surface area contributed by atoms with Gasteiger partial charge in [0.25, 0.3) is 0 Å². The molecule has 2 aliphatic carbocycles. The second-order valence-corrected chi connectivity index (χ2v) is 7.46. The van der Waals surface area contributed by atoms with Crippen LogP contribution in [0.25, 0.3) is 0 Å². The van der Waals surface area contributed by atoms with Crippen LogP contribution in [0.2, 0.25) is 0 Å². The van der Waals surface area contributed by atoms with Crippen molar-refractivity contribution in [2.75, 3.05) is 20.1 Å². The molecule has 2 rings (SSSR count). The summed E-state index contributed by atoms with van der Waals surface area (Å²) >= 11 is 0. The average Bonchev–Trinajstić information content (AvgIpc) is 3.12. The quantitative estimate of drug-likeness (QED) is 0.780. The first-order chi connectivity index (χ1) is 8.48. The van der Waals surface area contributed by atoms with E-state index < -0.39 is 0 Å². The first-order valence-electron chi connectivity index (χ1n) is 7.91. The van der Waals surface area contributed by atoms with Gasteiger partial charge in [-0.2, -0.15) is 0 Å². The average molecular weight is 252 g/mol. The molecule has 2 fully saturated rings. The highest BCUT2D eigenvalue weighted by atomic mass is 15.1. The van der Waals surface area contributed by atoms with Crippen LogP contribution in [-0.2, 0) is 0 Å². The predicted molar refractivity (Wildman–Crippen MR) is 78.9 cm³/mol. The molecule has 0 saturated heterocycles. The van der Waals surface area contributed by atoms with Crippen LogP contribution in [0, 0.1) is 11.3 Å². The molecule has 1 N–H and O–H groups in total. The van der Waals surface area contributed by atoms with Crippen molar-refractivity contribution in [3.05, 3.63) is 0 Å². The van der Waals surface area contributed by atoms with Gasteiger partial charge in [0.2, 0.25) is 0 Å². The lowest BCUT2D eigenvalue weighted by atomic mass is 9.75. The van der Waals surface area contributed by atoms with Crippen LogP contribution in [0.1, 0.15) is 59.3 Å². The van der Waals surface area contributed by atoms with E-state index >= 15 is 0 Å². The van der Waals surface area contributed by atoms with Crippen molar-refractivity contribution in [2.24, 2.45) is 11.3 Å². The topological polar surface area (TPSA) is 15.3 Å². The Labute approximate surface area is 114 Å². The molecule has 0 aromatic rings. The Morgan fingerprint density at radius 1 is 1.17 bits per heavy atom.